The number of nitrogens with zero attached hydrogens (tertiary/aromatic N) is 2. The van der Waals surface area contributed by atoms with Gasteiger partial charge in [0.25, 0.3) is 5.56 Å². The second kappa shape index (κ2) is 8.98. The van der Waals surface area contributed by atoms with E-state index in [9.17, 15) is 4.79 Å². The van der Waals surface area contributed by atoms with Gasteiger partial charge in [0.1, 0.15) is 11.6 Å². The summed E-state index contributed by atoms with van der Waals surface area (Å²) in [6.45, 7) is 2.01. The van der Waals surface area contributed by atoms with Crippen molar-refractivity contribution in [3.63, 3.8) is 0 Å². The van der Waals surface area contributed by atoms with E-state index in [0.29, 0.717) is 34.0 Å². The molecule has 6 heteroatoms. The fourth-order valence-corrected chi connectivity index (χ4v) is 3.55. The standard InChI is InChI=1S/C26H24N2O4/c1-17-9-12-19(13-10-17)28-25(27-21-8-6-5-7-20(21)26(28)29)14-11-18-15-23(31-3)24(32-4)16-22(18)30-2/h5-16H,1-4H3/b14-11+. The van der Waals surface area contributed by atoms with Crippen LogP contribution in [-0.4, -0.2) is 30.9 Å². The van der Waals surface area contributed by atoms with Crippen molar-refractivity contribution in [2.45, 2.75) is 6.92 Å². The smallest absolute Gasteiger partial charge is 0.266 e. The Bertz CT molecular complexity index is 1360. The average molecular weight is 428 g/mol. The second-order valence-electron chi connectivity index (χ2n) is 7.25. The Balaban J connectivity index is 1.91. The zero-order chi connectivity index (χ0) is 22.7. The van der Waals surface area contributed by atoms with E-state index in [4.69, 9.17) is 19.2 Å². The zero-order valence-corrected chi connectivity index (χ0v) is 18.5. The molecule has 32 heavy (non-hydrogen) atoms. The van der Waals surface area contributed by atoms with Gasteiger partial charge in [-0.05, 0) is 49.4 Å². The first kappa shape index (κ1) is 21.2. The van der Waals surface area contributed by atoms with E-state index in [1.807, 2.05) is 61.5 Å². The van der Waals surface area contributed by atoms with E-state index >= 15 is 0 Å². The van der Waals surface area contributed by atoms with Gasteiger partial charge in [-0.25, -0.2) is 4.98 Å². The molecule has 162 valence electrons. The van der Waals surface area contributed by atoms with Crippen LogP contribution >= 0.6 is 0 Å². The van der Waals surface area contributed by atoms with Gasteiger partial charge in [-0.2, -0.15) is 0 Å². The first-order valence-electron chi connectivity index (χ1n) is 10.1. The lowest BCUT2D eigenvalue weighted by Crippen LogP contribution is -2.22. The molecule has 0 radical (unpaired) electrons. The molecule has 0 spiro atoms. The number of aryl methyl sites for hydroxylation is 1. The molecular formula is C26H24N2O4. The van der Waals surface area contributed by atoms with Crippen LogP contribution < -0.4 is 19.8 Å². The summed E-state index contributed by atoms with van der Waals surface area (Å²) in [6, 6.07) is 18.7. The Hall–Kier alpha value is -4.06. The topological polar surface area (TPSA) is 62.6 Å². The summed E-state index contributed by atoms with van der Waals surface area (Å²) in [5.74, 6) is 2.27. The van der Waals surface area contributed by atoms with Gasteiger partial charge in [-0.1, -0.05) is 29.8 Å². The summed E-state index contributed by atoms with van der Waals surface area (Å²) in [7, 11) is 4.75. The van der Waals surface area contributed by atoms with Gasteiger partial charge >= 0.3 is 0 Å². The molecule has 0 unspecified atom stereocenters. The minimum absolute atomic E-state index is 0.127. The van der Waals surface area contributed by atoms with Crippen LogP contribution in [0.2, 0.25) is 0 Å². The number of rotatable bonds is 6. The molecule has 4 aromatic rings. The Morgan fingerprint density at radius 3 is 2.16 bits per heavy atom. The lowest BCUT2D eigenvalue weighted by Gasteiger charge is -2.13. The Kier molecular flexibility index (Phi) is 5.94. The van der Waals surface area contributed by atoms with E-state index in [1.54, 1.807) is 44.1 Å². The highest BCUT2D eigenvalue weighted by molar-refractivity contribution is 5.80. The van der Waals surface area contributed by atoms with Crippen LogP contribution in [0, 0.1) is 6.92 Å². The van der Waals surface area contributed by atoms with Gasteiger partial charge in [0.2, 0.25) is 0 Å². The molecule has 1 heterocycles. The summed E-state index contributed by atoms with van der Waals surface area (Å²) < 4.78 is 17.9. The average Bonchev–Trinajstić information content (AvgIpc) is 2.83. The van der Waals surface area contributed by atoms with E-state index in [-0.39, 0.29) is 5.56 Å². The molecule has 1 aromatic heterocycles. The predicted octanol–water partition coefficient (Wildman–Crippen LogP) is 4.89. The van der Waals surface area contributed by atoms with Crippen molar-refractivity contribution in [3.05, 3.63) is 88.0 Å². The number of aromatic nitrogens is 2. The van der Waals surface area contributed by atoms with Gasteiger partial charge in [-0.3, -0.25) is 9.36 Å². The number of hydrogen-bond donors (Lipinski definition) is 0. The van der Waals surface area contributed by atoms with E-state index < -0.39 is 0 Å². The number of benzene rings is 3. The molecule has 0 amide bonds. The molecule has 0 saturated heterocycles. The molecule has 0 fully saturated rings. The zero-order valence-electron chi connectivity index (χ0n) is 18.5. The first-order chi connectivity index (χ1) is 15.5. The molecular weight excluding hydrogens is 404 g/mol. The highest BCUT2D eigenvalue weighted by Crippen LogP contribution is 2.35. The second-order valence-corrected chi connectivity index (χ2v) is 7.25. The van der Waals surface area contributed by atoms with Crippen molar-refractivity contribution in [2.75, 3.05) is 21.3 Å². The van der Waals surface area contributed by atoms with Crippen LogP contribution in [0.5, 0.6) is 17.2 Å². The summed E-state index contributed by atoms with van der Waals surface area (Å²) in [5.41, 5.74) is 3.14. The molecule has 0 aliphatic heterocycles. The van der Waals surface area contributed by atoms with Gasteiger partial charge < -0.3 is 14.2 Å². The molecule has 0 aliphatic carbocycles. The van der Waals surface area contributed by atoms with Crippen LogP contribution in [-0.2, 0) is 0 Å². The fourth-order valence-electron chi connectivity index (χ4n) is 3.55. The maximum Gasteiger partial charge on any atom is 0.266 e. The van der Waals surface area contributed by atoms with Gasteiger partial charge in [0, 0.05) is 11.6 Å². The van der Waals surface area contributed by atoms with Crippen LogP contribution in [0.1, 0.15) is 17.0 Å². The van der Waals surface area contributed by atoms with Gasteiger partial charge in [-0.15, -0.1) is 0 Å². The minimum Gasteiger partial charge on any atom is -0.496 e. The minimum atomic E-state index is -0.127. The molecule has 0 N–H and O–H groups in total. The third-order valence-electron chi connectivity index (χ3n) is 5.24. The van der Waals surface area contributed by atoms with Crippen molar-refractivity contribution in [1.29, 1.82) is 0 Å². The van der Waals surface area contributed by atoms with E-state index in [1.165, 1.54) is 0 Å². The lowest BCUT2D eigenvalue weighted by atomic mass is 10.1. The maximum atomic E-state index is 13.4. The van der Waals surface area contributed by atoms with E-state index in [0.717, 1.165) is 16.8 Å². The van der Waals surface area contributed by atoms with Gasteiger partial charge in [0.15, 0.2) is 11.5 Å². The third-order valence-corrected chi connectivity index (χ3v) is 5.24. The Morgan fingerprint density at radius 2 is 1.47 bits per heavy atom. The van der Waals surface area contributed by atoms with Crippen LogP contribution in [0.25, 0.3) is 28.7 Å². The predicted molar refractivity (Wildman–Crippen MR) is 127 cm³/mol. The summed E-state index contributed by atoms with van der Waals surface area (Å²) >= 11 is 0. The quantitative estimate of drug-likeness (QED) is 0.438. The number of para-hydroxylation sites is 1. The molecule has 0 saturated carbocycles. The molecule has 0 aliphatic rings. The summed E-state index contributed by atoms with van der Waals surface area (Å²) in [5, 5.41) is 0.564. The highest BCUT2D eigenvalue weighted by Gasteiger charge is 2.13. The lowest BCUT2D eigenvalue weighted by molar-refractivity contribution is 0.348. The molecule has 4 rings (SSSR count). The van der Waals surface area contributed by atoms with Crippen LogP contribution in [0.15, 0.2) is 65.5 Å². The number of fused-ring (bicyclic) bond motifs is 1. The van der Waals surface area contributed by atoms with Crippen LogP contribution in [0.4, 0.5) is 0 Å². The van der Waals surface area contributed by atoms with Crippen molar-refractivity contribution in [3.8, 4) is 22.9 Å². The van der Waals surface area contributed by atoms with E-state index in [2.05, 4.69) is 0 Å². The number of methoxy groups -OCH3 is 3. The monoisotopic (exact) mass is 428 g/mol. The SMILES string of the molecule is COc1cc(OC)c(OC)cc1/C=C/c1nc2ccccc2c(=O)n1-c1ccc(C)cc1. The number of ether oxygens (including phenoxy) is 3. The van der Waals surface area contributed by atoms with Crippen molar-refractivity contribution >= 4 is 23.1 Å². The molecule has 6 nitrogen and oxygen atoms in total. The molecule has 0 atom stereocenters. The highest BCUT2D eigenvalue weighted by atomic mass is 16.5. The third kappa shape index (κ3) is 3.95. The van der Waals surface area contributed by atoms with Gasteiger partial charge in [0.05, 0.1) is 37.9 Å². The Labute approximate surface area is 186 Å². The molecule has 3 aromatic carbocycles. The summed E-state index contributed by atoms with van der Waals surface area (Å²) in [4.78, 5) is 18.1. The van der Waals surface area contributed by atoms with Crippen LogP contribution in [0.3, 0.4) is 0 Å². The number of hydrogen-bond acceptors (Lipinski definition) is 5. The largest absolute Gasteiger partial charge is 0.496 e. The summed E-state index contributed by atoms with van der Waals surface area (Å²) in [6.07, 6.45) is 3.65. The maximum absolute atomic E-state index is 13.4. The fraction of sp³-hybridized carbons (Fsp3) is 0.154. The molecule has 0 bridgehead atoms. The first-order valence-corrected chi connectivity index (χ1v) is 10.1. The van der Waals surface area contributed by atoms with Crippen molar-refractivity contribution < 1.29 is 14.2 Å². The Morgan fingerprint density at radius 1 is 0.812 bits per heavy atom. The van der Waals surface area contributed by atoms with Crippen molar-refractivity contribution in [1.82, 2.24) is 9.55 Å². The van der Waals surface area contributed by atoms with Crippen molar-refractivity contribution in [2.24, 2.45) is 0 Å². The normalized spacial score (nSPS) is 11.1.